The molecule has 20 heavy (non-hydrogen) atoms. The van der Waals surface area contributed by atoms with Crippen molar-refractivity contribution in [1.82, 2.24) is 0 Å². The second-order valence-electron chi connectivity index (χ2n) is 4.15. The summed E-state index contributed by atoms with van der Waals surface area (Å²) < 4.78 is 6.46. The van der Waals surface area contributed by atoms with E-state index in [0.717, 1.165) is 9.26 Å². The van der Waals surface area contributed by atoms with Crippen LogP contribution >= 0.6 is 22.6 Å². The number of hydrogen-bond donors (Lipinski definition) is 2. The van der Waals surface area contributed by atoms with Gasteiger partial charge in [0.2, 0.25) is 0 Å². The van der Waals surface area contributed by atoms with Crippen LogP contribution in [0.3, 0.4) is 0 Å². The van der Waals surface area contributed by atoms with Crippen LogP contribution in [0.5, 0.6) is 5.75 Å². The lowest BCUT2D eigenvalue weighted by Gasteiger charge is -2.09. The Hall–Kier alpha value is -1.76. The number of carbonyl (C=O) groups is 1. The molecule has 3 N–H and O–H groups in total. The van der Waals surface area contributed by atoms with E-state index in [4.69, 9.17) is 10.5 Å². The lowest BCUT2D eigenvalue weighted by Crippen LogP contribution is -2.12. The van der Waals surface area contributed by atoms with Gasteiger partial charge in [-0.15, -0.1) is 0 Å². The maximum absolute atomic E-state index is 12.1. The smallest absolute Gasteiger partial charge is 0.255 e. The van der Waals surface area contributed by atoms with Gasteiger partial charge in [0, 0.05) is 14.8 Å². The zero-order chi connectivity index (χ0) is 14.5. The highest BCUT2D eigenvalue weighted by Crippen LogP contribution is 2.23. The summed E-state index contributed by atoms with van der Waals surface area (Å²) in [5, 5.41) is 2.83. The van der Waals surface area contributed by atoms with Gasteiger partial charge < -0.3 is 15.8 Å². The van der Waals surface area contributed by atoms with Crippen LogP contribution in [0.15, 0.2) is 42.5 Å². The third-order valence-corrected chi connectivity index (χ3v) is 3.39. The Balaban J connectivity index is 2.13. The summed E-state index contributed by atoms with van der Waals surface area (Å²) >= 11 is 2.21. The number of carbonyl (C=O) groups excluding carboxylic acids is 1. The van der Waals surface area contributed by atoms with Gasteiger partial charge in [0.25, 0.3) is 5.91 Å². The molecular weight excluding hydrogens is 367 g/mol. The maximum Gasteiger partial charge on any atom is 0.255 e. The highest BCUT2D eigenvalue weighted by molar-refractivity contribution is 14.1. The molecule has 0 atom stereocenters. The monoisotopic (exact) mass is 382 g/mol. The topological polar surface area (TPSA) is 64.3 Å². The summed E-state index contributed by atoms with van der Waals surface area (Å²) in [5.74, 6) is 0.402. The number of nitrogens with one attached hydrogen (secondary N) is 1. The number of anilines is 2. The van der Waals surface area contributed by atoms with E-state index in [-0.39, 0.29) is 5.91 Å². The lowest BCUT2D eigenvalue weighted by atomic mass is 10.1. The molecule has 0 saturated heterocycles. The Kier molecular flexibility index (Phi) is 4.84. The number of rotatable bonds is 4. The number of halogens is 1. The van der Waals surface area contributed by atoms with E-state index in [1.165, 1.54) is 0 Å². The number of nitrogens with two attached hydrogens (primary N) is 1. The van der Waals surface area contributed by atoms with Crippen LogP contribution in [0.4, 0.5) is 11.4 Å². The molecule has 4 nitrogen and oxygen atoms in total. The fourth-order valence-corrected chi connectivity index (χ4v) is 2.07. The van der Waals surface area contributed by atoms with E-state index in [2.05, 4.69) is 27.9 Å². The Morgan fingerprint density at radius 3 is 2.55 bits per heavy atom. The van der Waals surface area contributed by atoms with Gasteiger partial charge in [-0.2, -0.15) is 0 Å². The summed E-state index contributed by atoms with van der Waals surface area (Å²) in [6.07, 6.45) is 0. The summed E-state index contributed by atoms with van der Waals surface area (Å²) in [6.45, 7) is 2.43. The first-order valence-corrected chi connectivity index (χ1v) is 7.27. The molecule has 104 valence electrons. The number of ether oxygens (including phenoxy) is 1. The Morgan fingerprint density at radius 1 is 1.25 bits per heavy atom. The molecule has 2 aromatic carbocycles. The highest BCUT2D eigenvalue weighted by Gasteiger charge is 2.09. The second-order valence-corrected chi connectivity index (χ2v) is 5.39. The fourth-order valence-electron chi connectivity index (χ4n) is 1.71. The first-order valence-electron chi connectivity index (χ1n) is 6.19. The normalized spacial score (nSPS) is 10.1. The van der Waals surface area contributed by atoms with E-state index >= 15 is 0 Å². The van der Waals surface area contributed by atoms with Crippen LogP contribution in [0, 0.1) is 3.57 Å². The van der Waals surface area contributed by atoms with Gasteiger partial charge in [0.15, 0.2) is 0 Å². The molecule has 2 aromatic rings. The molecule has 0 spiro atoms. The quantitative estimate of drug-likeness (QED) is 0.628. The molecule has 0 fully saturated rings. The van der Waals surface area contributed by atoms with Gasteiger partial charge in [-0.25, -0.2) is 0 Å². The number of nitrogen functional groups attached to an aromatic ring is 1. The van der Waals surface area contributed by atoms with Crippen molar-refractivity contribution >= 4 is 39.9 Å². The van der Waals surface area contributed by atoms with Gasteiger partial charge in [-0.1, -0.05) is 0 Å². The number of benzene rings is 2. The summed E-state index contributed by atoms with van der Waals surface area (Å²) in [5.41, 5.74) is 7.57. The molecule has 5 heteroatoms. The third kappa shape index (κ3) is 3.63. The van der Waals surface area contributed by atoms with E-state index in [0.29, 0.717) is 23.6 Å². The van der Waals surface area contributed by atoms with E-state index in [1.807, 2.05) is 31.2 Å². The SMILES string of the molecule is CCOc1ccc(C(=O)Nc2ccc(I)cc2)cc1N. The zero-order valence-electron chi connectivity index (χ0n) is 11.0. The summed E-state index contributed by atoms with van der Waals surface area (Å²) in [4.78, 5) is 12.1. The predicted molar refractivity (Wildman–Crippen MR) is 89.1 cm³/mol. The van der Waals surface area contributed by atoms with Gasteiger partial charge in [-0.3, -0.25) is 4.79 Å². The van der Waals surface area contributed by atoms with E-state index < -0.39 is 0 Å². The first-order chi connectivity index (χ1) is 9.60. The van der Waals surface area contributed by atoms with Crippen molar-refractivity contribution < 1.29 is 9.53 Å². The minimum absolute atomic E-state index is 0.194. The predicted octanol–water partition coefficient (Wildman–Crippen LogP) is 3.52. The van der Waals surface area contributed by atoms with E-state index in [1.54, 1.807) is 18.2 Å². The van der Waals surface area contributed by atoms with Crippen LogP contribution in [0.25, 0.3) is 0 Å². The van der Waals surface area contributed by atoms with Crippen molar-refractivity contribution in [1.29, 1.82) is 0 Å². The minimum atomic E-state index is -0.194. The van der Waals surface area contributed by atoms with Crippen molar-refractivity contribution in [3.63, 3.8) is 0 Å². The average Bonchev–Trinajstić information content (AvgIpc) is 2.44. The van der Waals surface area contributed by atoms with Crippen molar-refractivity contribution in [2.45, 2.75) is 6.92 Å². The van der Waals surface area contributed by atoms with Crippen molar-refractivity contribution in [2.24, 2.45) is 0 Å². The maximum atomic E-state index is 12.1. The van der Waals surface area contributed by atoms with Crippen molar-refractivity contribution in [3.05, 3.63) is 51.6 Å². The summed E-state index contributed by atoms with van der Waals surface area (Å²) in [6, 6.07) is 12.6. The molecule has 0 radical (unpaired) electrons. The van der Waals surface area contributed by atoms with Gasteiger partial charge in [-0.05, 0) is 72.0 Å². The molecule has 0 saturated carbocycles. The van der Waals surface area contributed by atoms with Crippen molar-refractivity contribution in [2.75, 3.05) is 17.7 Å². The zero-order valence-corrected chi connectivity index (χ0v) is 13.2. The molecule has 2 rings (SSSR count). The second kappa shape index (κ2) is 6.60. The lowest BCUT2D eigenvalue weighted by molar-refractivity contribution is 0.102. The number of amides is 1. The van der Waals surface area contributed by atoms with Crippen LogP contribution in [-0.4, -0.2) is 12.5 Å². The van der Waals surface area contributed by atoms with E-state index in [9.17, 15) is 4.79 Å². The molecule has 0 unspecified atom stereocenters. The van der Waals surface area contributed by atoms with Gasteiger partial charge in [0.05, 0.1) is 12.3 Å². The van der Waals surface area contributed by atoms with Crippen LogP contribution < -0.4 is 15.8 Å². The molecule has 0 aliphatic heterocycles. The molecule has 0 bridgehead atoms. The molecule has 0 aliphatic carbocycles. The highest BCUT2D eigenvalue weighted by atomic mass is 127. The molecule has 0 aromatic heterocycles. The Labute approximate surface area is 131 Å². The van der Waals surface area contributed by atoms with Crippen LogP contribution in [0.1, 0.15) is 17.3 Å². The van der Waals surface area contributed by atoms with Gasteiger partial charge >= 0.3 is 0 Å². The fraction of sp³-hybridized carbons (Fsp3) is 0.133. The minimum Gasteiger partial charge on any atom is -0.492 e. The van der Waals surface area contributed by atoms with Crippen LogP contribution in [0.2, 0.25) is 0 Å². The van der Waals surface area contributed by atoms with Crippen LogP contribution in [-0.2, 0) is 0 Å². The summed E-state index contributed by atoms with van der Waals surface area (Å²) in [7, 11) is 0. The van der Waals surface area contributed by atoms with Gasteiger partial charge in [0.1, 0.15) is 5.75 Å². The third-order valence-electron chi connectivity index (χ3n) is 2.67. The molecule has 0 heterocycles. The Bertz CT molecular complexity index is 612. The molecule has 1 amide bonds. The molecule has 0 aliphatic rings. The van der Waals surface area contributed by atoms with Crippen molar-refractivity contribution in [3.8, 4) is 5.75 Å². The number of hydrogen-bond acceptors (Lipinski definition) is 3. The largest absolute Gasteiger partial charge is 0.492 e. The standard InChI is InChI=1S/C15H15IN2O2/c1-2-20-14-8-3-10(9-13(14)17)15(19)18-12-6-4-11(16)5-7-12/h3-9H,2,17H2,1H3,(H,18,19). The first kappa shape index (κ1) is 14.6. The molecular formula is C15H15IN2O2. The average molecular weight is 382 g/mol. The Morgan fingerprint density at radius 2 is 1.95 bits per heavy atom.